The summed E-state index contributed by atoms with van der Waals surface area (Å²) in [6.07, 6.45) is -3.50. The minimum absolute atomic E-state index is 0.0855. The van der Waals surface area contributed by atoms with Crippen LogP contribution in [-0.4, -0.2) is 42.4 Å². The second-order valence-corrected chi connectivity index (χ2v) is 4.24. The average molecular weight is 227 g/mol. The van der Waals surface area contributed by atoms with Crippen LogP contribution in [0.3, 0.4) is 0 Å². The Bertz CT molecular complexity index is 178. The van der Waals surface area contributed by atoms with Crippen molar-refractivity contribution in [2.24, 2.45) is 5.41 Å². The molecular formula is C10H20F3NO. The van der Waals surface area contributed by atoms with E-state index in [0.29, 0.717) is 13.0 Å². The summed E-state index contributed by atoms with van der Waals surface area (Å²) in [6.45, 7) is 4.99. The summed E-state index contributed by atoms with van der Waals surface area (Å²) in [6, 6.07) is 0. The van der Waals surface area contributed by atoms with Gasteiger partial charge < -0.3 is 5.11 Å². The van der Waals surface area contributed by atoms with Gasteiger partial charge in [-0.3, -0.25) is 4.90 Å². The first-order valence-electron chi connectivity index (χ1n) is 5.16. The lowest BCUT2D eigenvalue weighted by Gasteiger charge is -2.33. The fourth-order valence-electron chi connectivity index (χ4n) is 1.35. The number of aliphatic hydroxyl groups excluding tert-OH is 1. The van der Waals surface area contributed by atoms with E-state index < -0.39 is 18.1 Å². The highest BCUT2D eigenvalue weighted by Gasteiger charge is 2.33. The maximum atomic E-state index is 12.2. The maximum Gasteiger partial charge on any atom is 0.401 e. The molecule has 0 rings (SSSR count). The third kappa shape index (κ3) is 5.99. The lowest BCUT2D eigenvalue weighted by Crippen LogP contribution is -2.42. The Kier molecular flexibility index (Phi) is 5.59. The minimum atomic E-state index is -4.17. The molecular weight excluding hydrogens is 207 g/mol. The molecule has 0 aliphatic heterocycles. The molecule has 1 N–H and O–H groups in total. The fourth-order valence-corrected chi connectivity index (χ4v) is 1.35. The van der Waals surface area contributed by atoms with E-state index in [2.05, 4.69) is 0 Å². The molecule has 0 saturated carbocycles. The zero-order chi connectivity index (χ0) is 12.1. The first-order valence-corrected chi connectivity index (χ1v) is 5.16. The van der Waals surface area contributed by atoms with Crippen LogP contribution < -0.4 is 0 Å². The molecule has 15 heavy (non-hydrogen) atoms. The Morgan fingerprint density at radius 3 is 1.93 bits per heavy atom. The summed E-state index contributed by atoms with van der Waals surface area (Å²) < 4.78 is 36.5. The Morgan fingerprint density at radius 2 is 1.67 bits per heavy atom. The van der Waals surface area contributed by atoms with Gasteiger partial charge in [0.05, 0.1) is 6.54 Å². The van der Waals surface area contributed by atoms with E-state index >= 15 is 0 Å². The lowest BCUT2D eigenvalue weighted by atomic mass is 9.88. The highest BCUT2D eigenvalue weighted by molar-refractivity contribution is 4.77. The normalized spacial score (nSPS) is 16.8. The van der Waals surface area contributed by atoms with Gasteiger partial charge in [0.1, 0.15) is 0 Å². The van der Waals surface area contributed by atoms with E-state index in [-0.39, 0.29) is 13.2 Å². The molecule has 0 aromatic heterocycles. The SMILES string of the molecule is CCN(CC(F)(F)F)CC(C)(CC)CO. The predicted octanol–water partition coefficient (Wildman–Crippen LogP) is 2.28. The van der Waals surface area contributed by atoms with Crippen molar-refractivity contribution in [1.82, 2.24) is 4.90 Å². The fraction of sp³-hybridized carbons (Fsp3) is 1.00. The number of hydrogen-bond donors (Lipinski definition) is 1. The summed E-state index contributed by atoms with van der Waals surface area (Å²) in [7, 11) is 0. The summed E-state index contributed by atoms with van der Waals surface area (Å²) >= 11 is 0. The molecule has 0 bridgehead atoms. The van der Waals surface area contributed by atoms with Gasteiger partial charge in [0.2, 0.25) is 0 Å². The van der Waals surface area contributed by atoms with Gasteiger partial charge in [0, 0.05) is 18.6 Å². The van der Waals surface area contributed by atoms with Gasteiger partial charge >= 0.3 is 6.18 Å². The van der Waals surface area contributed by atoms with Gasteiger partial charge in [-0.05, 0) is 13.0 Å². The number of rotatable bonds is 6. The Balaban J connectivity index is 4.32. The topological polar surface area (TPSA) is 23.5 Å². The average Bonchev–Trinajstić information content (AvgIpc) is 2.14. The van der Waals surface area contributed by atoms with E-state index in [1.807, 2.05) is 6.92 Å². The molecule has 0 aliphatic carbocycles. The zero-order valence-electron chi connectivity index (χ0n) is 9.56. The van der Waals surface area contributed by atoms with E-state index in [9.17, 15) is 13.2 Å². The molecule has 5 heteroatoms. The summed E-state index contributed by atoms with van der Waals surface area (Å²) in [5.41, 5.74) is -0.443. The molecule has 0 spiro atoms. The summed E-state index contributed by atoms with van der Waals surface area (Å²) in [5, 5.41) is 9.12. The van der Waals surface area contributed by atoms with Crippen LogP contribution in [0, 0.1) is 5.41 Å². The van der Waals surface area contributed by atoms with Gasteiger partial charge in [-0.1, -0.05) is 20.8 Å². The van der Waals surface area contributed by atoms with Crippen LogP contribution in [0.25, 0.3) is 0 Å². The van der Waals surface area contributed by atoms with E-state index in [1.165, 1.54) is 4.90 Å². The highest BCUT2D eigenvalue weighted by atomic mass is 19.4. The van der Waals surface area contributed by atoms with Crippen molar-refractivity contribution in [1.29, 1.82) is 0 Å². The van der Waals surface area contributed by atoms with Gasteiger partial charge in [-0.15, -0.1) is 0 Å². The number of alkyl halides is 3. The Hall–Kier alpha value is -0.290. The first-order chi connectivity index (χ1) is 6.76. The van der Waals surface area contributed by atoms with Gasteiger partial charge in [-0.2, -0.15) is 13.2 Å². The molecule has 0 amide bonds. The number of halogens is 3. The van der Waals surface area contributed by atoms with Gasteiger partial charge in [0.25, 0.3) is 0 Å². The van der Waals surface area contributed by atoms with E-state index in [1.54, 1.807) is 13.8 Å². The van der Waals surface area contributed by atoms with Crippen LogP contribution in [0.5, 0.6) is 0 Å². The minimum Gasteiger partial charge on any atom is -0.396 e. The Labute approximate surface area is 89.1 Å². The quantitative estimate of drug-likeness (QED) is 0.752. The Morgan fingerprint density at radius 1 is 1.13 bits per heavy atom. The molecule has 2 nitrogen and oxygen atoms in total. The molecule has 0 fully saturated rings. The molecule has 1 atom stereocenters. The van der Waals surface area contributed by atoms with Crippen molar-refractivity contribution >= 4 is 0 Å². The molecule has 0 aliphatic rings. The van der Waals surface area contributed by atoms with Crippen molar-refractivity contribution < 1.29 is 18.3 Å². The van der Waals surface area contributed by atoms with Crippen molar-refractivity contribution in [3.05, 3.63) is 0 Å². The molecule has 0 saturated heterocycles. The lowest BCUT2D eigenvalue weighted by molar-refractivity contribution is -0.149. The van der Waals surface area contributed by atoms with Crippen molar-refractivity contribution in [2.75, 3.05) is 26.2 Å². The number of hydrogen-bond acceptors (Lipinski definition) is 2. The summed E-state index contributed by atoms with van der Waals surface area (Å²) in [5.74, 6) is 0. The second-order valence-electron chi connectivity index (χ2n) is 4.24. The molecule has 0 aromatic carbocycles. The van der Waals surface area contributed by atoms with Crippen LogP contribution in [0.2, 0.25) is 0 Å². The van der Waals surface area contributed by atoms with Crippen LogP contribution >= 0.6 is 0 Å². The smallest absolute Gasteiger partial charge is 0.396 e. The largest absolute Gasteiger partial charge is 0.401 e. The third-order valence-electron chi connectivity index (χ3n) is 2.69. The van der Waals surface area contributed by atoms with Crippen LogP contribution in [0.15, 0.2) is 0 Å². The number of nitrogens with zero attached hydrogens (tertiary/aromatic N) is 1. The van der Waals surface area contributed by atoms with E-state index in [0.717, 1.165) is 0 Å². The molecule has 0 heterocycles. The van der Waals surface area contributed by atoms with Crippen molar-refractivity contribution in [3.63, 3.8) is 0 Å². The molecule has 0 radical (unpaired) electrons. The van der Waals surface area contributed by atoms with Crippen LogP contribution in [0.1, 0.15) is 27.2 Å². The van der Waals surface area contributed by atoms with E-state index in [4.69, 9.17) is 5.11 Å². The first kappa shape index (κ1) is 14.7. The molecule has 92 valence electrons. The van der Waals surface area contributed by atoms with Gasteiger partial charge in [-0.25, -0.2) is 0 Å². The maximum absolute atomic E-state index is 12.2. The zero-order valence-corrected chi connectivity index (χ0v) is 9.56. The summed E-state index contributed by atoms with van der Waals surface area (Å²) in [4.78, 5) is 1.32. The van der Waals surface area contributed by atoms with Crippen LogP contribution in [-0.2, 0) is 0 Å². The third-order valence-corrected chi connectivity index (χ3v) is 2.69. The molecule has 0 aromatic rings. The number of aliphatic hydroxyl groups is 1. The second kappa shape index (κ2) is 5.70. The van der Waals surface area contributed by atoms with Crippen LogP contribution in [0.4, 0.5) is 13.2 Å². The van der Waals surface area contributed by atoms with Crippen molar-refractivity contribution in [3.8, 4) is 0 Å². The van der Waals surface area contributed by atoms with Gasteiger partial charge in [0.15, 0.2) is 0 Å². The standard InChI is InChI=1S/C10H20F3NO/c1-4-9(3,8-15)6-14(5-2)7-10(11,12)13/h15H,4-8H2,1-3H3. The monoisotopic (exact) mass is 227 g/mol. The molecule has 1 unspecified atom stereocenters. The van der Waals surface area contributed by atoms with Crippen molar-refractivity contribution in [2.45, 2.75) is 33.4 Å². The highest BCUT2D eigenvalue weighted by Crippen LogP contribution is 2.24. The predicted molar refractivity (Wildman–Crippen MR) is 53.7 cm³/mol.